The van der Waals surface area contributed by atoms with Crippen LogP contribution in [0.25, 0.3) is 0 Å². The van der Waals surface area contributed by atoms with E-state index in [0.29, 0.717) is 5.75 Å². The lowest BCUT2D eigenvalue weighted by atomic mass is 10.0. The summed E-state index contributed by atoms with van der Waals surface area (Å²) < 4.78 is 1.05. The van der Waals surface area contributed by atoms with Crippen LogP contribution in [0.5, 0.6) is 0 Å². The van der Waals surface area contributed by atoms with E-state index in [4.69, 9.17) is 0 Å². The van der Waals surface area contributed by atoms with Gasteiger partial charge in [-0.2, -0.15) is 0 Å². The summed E-state index contributed by atoms with van der Waals surface area (Å²) >= 11 is 4.96. The number of rotatable bonds is 6. The van der Waals surface area contributed by atoms with Gasteiger partial charge in [0.25, 0.3) is 0 Å². The van der Waals surface area contributed by atoms with Crippen molar-refractivity contribution < 1.29 is 4.79 Å². The van der Waals surface area contributed by atoms with Gasteiger partial charge in [0.2, 0.25) is 5.91 Å². The van der Waals surface area contributed by atoms with E-state index in [-0.39, 0.29) is 11.9 Å². The molecule has 1 amide bonds. The molecule has 0 bridgehead atoms. The first-order valence-corrected chi connectivity index (χ1v) is 9.10. The number of nitrogens with one attached hydrogen (secondary N) is 1. The zero-order chi connectivity index (χ0) is 15.9. The van der Waals surface area contributed by atoms with Crippen LogP contribution in [0.3, 0.4) is 0 Å². The Morgan fingerprint density at radius 2 is 1.77 bits per heavy atom. The normalized spacial score (nSPS) is 12.0. The van der Waals surface area contributed by atoms with Gasteiger partial charge in [-0.15, -0.1) is 11.8 Å². The number of amides is 1. The molecule has 0 unspecified atom stereocenters. The molecule has 0 heterocycles. The molecule has 2 aromatic carbocycles. The highest BCUT2D eigenvalue weighted by molar-refractivity contribution is 9.10. The van der Waals surface area contributed by atoms with Crippen molar-refractivity contribution in [2.75, 3.05) is 5.75 Å². The number of halogens is 1. The molecule has 2 rings (SSSR count). The quantitative estimate of drug-likeness (QED) is 0.707. The molecule has 22 heavy (non-hydrogen) atoms. The molecule has 0 aliphatic rings. The van der Waals surface area contributed by atoms with Gasteiger partial charge in [-0.05, 0) is 43.2 Å². The molecule has 2 aromatic rings. The Hall–Kier alpha value is -1.26. The summed E-state index contributed by atoms with van der Waals surface area (Å²) in [6, 6.07) is 16.4. The van der Waals surface area contributed by atoms with E-state index in [0.717, 1.165) is 21.4 Å². The van der Waals surface area contributed by atoms with E-state index >= 15 is 0 Å². The SMILES string of the molecule is CC[C@@H](NC(=O)CSc1ccc(Br)cc1)c1ccc(C)cc1. The third-order valence-electron chi connectivity index (χ3n) is 3.41. The maximum Gasteiger partial charge on any atom is 0.230 e. The van der Waals surface area contributed by atoms with E-state index in [1.165, 1.54) is 5.56 Å². The largest absolute Gasteiger partial charge is 0.349 e. The van der Waals surface area contributed by atoms with Crippen LogP contribution in [0.2, 0.25) is 0 Å². The van der Waals surface area contributed by atoms with Crippen molar-refractivity contribution in [1.82, 2.24) is 5.32 Å². The summed E-state index contributed by atoms with van der Waals surface area (Å²) in [6.45, 7) is 4.16. The Morgan fingerprint density at radius 3 is 2.36 bits per heavy atom. The number of hydrogen-bond acceptors (Lipinski definition) is 2. The highest BCUT2D eigenvalue weighted by Gasteiger charge is 2.12. The van der Waals surface area contributed by atoms with Crippen molar-refractivity contribution in [1.29, 1.82) is 0 Å². The summed E-state index contributed by atoms with van der Waals surface area (Å²) in [4.78, 5) is 13.3. The van der Waals surface area contributed by atoms with Gasteiger partial charge >= 0.3 is 0 Å². The van der Waals surface area contributed by atoms with E-state index in [9.17, 15) is 4.79 Å². The van der Waals surface area contributed by atoms with Gasteiger partial charge in [0.15, 0.2) is 0 Å². The predicted molar refractivity (Wildman–Crippen MR) is 97.2 cm³/mol. The first-order valence-electron chi connectivity index (χ1n) is 7.32. The van der Waals surface area contributed by atoms with Gasteiger partial charge < -0.3 is 5.32 Å². The van der Waals surface area contributed by atoms with Crippen LogP contribution >= 0.6 is 27.7 Å². The maximum atomic E-state index is 12.2. The van der Waals surface area contributed by atoms with Gasteiger partial charge in [0.05, 0.1) is 11.8 Å². The number of carbonyl (C=O) groups excluding carboxylic acids is 1. The molecule has 0 fully saturated rings. The molecular weight excluding hydrogens is 358 g/mol. The molecule has 1 atom stereocenters. The van der Waals surface area contributed by atoms with Gasteiger partial charge in [-0.1, -0.05) is 52.7 Å². The Labute approximate surface area is 144 Å². The molecular formula is C18H20BrNOS. The molecule has 0 saturated carbocycles. The molecule has 0 aliphatic heterocycles. The fraction of sp³-hybridized carbons (Fsp3) is 0.278. The number of thioether (sulfide) groups is 1. The van der Waals surface area contributed by atoms with Crippen molar-refractivity contribution in [2.45, 2.75) is 31.2 Å². The summed E-state index contributed by atoms with van der Waals surface area (Å²) in [5.41, 5.74) is 2.39. The van der Waals surface area contributed by atoms with Crippen LogP contribution in [0.4, 0.5) is 0 Å². The lowest BCUT2D eigenvalue weighted by Crippen LogP contribution is -2.29. The molecule has 0 saturated heterocycles. The Kier molecular flexibility index (Phi) is 6.52. The fourth-order valence-corrected chi connectivity index (χ4v) is 3.11. The van der Waals surface area contributed by atoms with Gasteiger partial charge in [-0.25, -0.2) is 0 Å². The molecule has 0 aromatic heterocycles. The molecule has 0 aliphatic carbocycles. The molecule has 116 valence electrons. The van der Waals surface area contributed by atoms with Crippen molar-refractivity contribution in [3.05, 3.63) is 64.1 Å². The molecule has 0 spiro atoms. The first-order chi connectivity index (χ1) is 10.6. The third kappa shape index (κ3) is 5.18. The highest BCUT2D eigenvalue weighted by Crippen LogP contribution is 2.21. The zero-order valence-electron chi connectivity index (χ0n) is 12.8. The van der Waals surface area contributed by atoms with Crippen molar-refractivity contribution in [2.24, 2.45) is 0 Å². The minimum absolute atomic E-state index is 0.0698. The smallest absolute Gasteiger partial charge is 0.230 e. The Bertz CT molecular complexity index is 610. The molecule has 0 radical (unpaired) electrons. The second-order valence-corrected chi connectivity index (χ2v) is 7.15. The number of benzene rings is 2. The van der Waals surface area contributed by atoms with Crippen LogP contribution < -0.4 is 5.32 Å². The highest BCUT2D eigenvalue weighted by atomic mass is 79.9. The average Bonchev–Trinajstić information content (AvgIpc) is 2.53. The van der Waals surface area contributed by atoms with Crippen LogP contribution in [0.1, 0.15) is 30.5 Å². The standard InChI is InChI=1S/C18H20BrNOS/c1-3-17(14-6-4-13(2)5-7-14)20-18(21)12-22-16-10-8-15(19)9-11-16/h4-11,17H,3,12H2,1-2H3,(H,20,21)/t17-/m1/s1. The Balaban J connectivity index is 1.89. The van der Waals surface area contributed by atoms with Crippen LogP contribution in [-0.4, -0.2) is 11.7 Å². The summed E-state index contributed by atoms with van der Waals surface area (Å²) in [6.07, 6.45) is 0.887. The Morgan fingerprint density at radius 1 is 1.14 bits per heavy atom. The topological polar surface area (TPSA) is 29.1 Å². The van der Waals surface area contributed by atoms with Gasteiger partial charge in [0.1, 0.15) is 0 Å². The maximum absolute atomic E-state index is 12.2. The predicted octanol–water partition coefficient (Wildman–Crippen LogP) is 5.12. The number of hydrogen-bond donors (Lipinski definition) is 1. The lowest BCUT2D eigenvalue weighted by molar-refractivity contribution is -0.119. The lowest BCUT2D eigenvalue weighted by Gasteiger charge is -2.17. The van der Waals surface area contributed by atoms with Crippen LogP contribution in [-0.2, 0) is 4.79 Å². The number of carbonyl (C=O) groups is 1. The molecule has 4 heteroatoms. The minimum Gasteiger partial charge on any atom is -0.349 e. The minimum atomic E-state index is 0.0698. The summed E-state index contributed by atoms with van der Waals surface area (Å²) in [5.74, 6) is 0.504. The van der Waals surface area contributed by atoms with Gasteiger partial charge in [-0.3, -0.25) is 4.79 Å². The average molecular weight is 378 g/mol. The first kappa shape index (κ1) is 17.1. The van der Waals surface area contributed by atoms with Gasteiger partial charge in [0, 0.05) is 9.37 Å². The van der Waals surface area contributed by atoms with Crippen molar-refractivity contribution in [3.8, 4) is 0 Å². The molecule has 2 nitrogen and oxygen atoms in total. The van der Waals surface area contributed by atoms with E-state index < -0.39 is 0 Å². The van der Waals surface area contributed by atoms with Crippen LogP contribution in [0, 0.1) is 6.92 Å². The summed E-state index contributed by atoms with van der Waals surface area (Å²) in [7, 11) is 0. The fourth-order valence-electron chi connectivity index (χ4n) is 2.14. The van der Waals surface area contributed by atoms with E-state index in [1.54, 1.807) is 11.8 Å². The van der Waals surface area contributed by atoms with E-state index in [1.807, 2.05) is 24.3 Å². The number of aryl methyl sites for hydroxylation is 1. The van der Waals surface area contributed by atoms with Crippen molar-refractivity contribution in [3.63, 3.8) is 0 Å². The van der Waals surface area contributed by atoms with Crippen molar-refractivity contribution >= 4 is 33.6 Å². The zero-order valence-corrected chi connectivity index (χ0v) is 15.2. The second kappa shape index (κ2) is 8.39. The summed E-state index contributed by atoms with van der Waals surface area (Å²) in [5, 5.41) is 3.12. The molecule has 1 N–H and O–H groups in total. The van der Waals surface area contributed by atoms with Crippen LogP contribution in [0.15, 0.2) is 57.9 Å². The third-order valence-corrected chi connectivity index (χ3v) is 4.95. The monoisotopic (exact) mass is 377 g/mol. The van der Waals surface area contributed by atoms with E-state index in [2.05, 4.69) is 59.4 Å². The second-order valence-electron chi connectivity index (χ2n) is 5.18.